The van der Waals surface area contributed by atoms with Crippen molar-refractivity contribution < 1.29 is 4.79 Å². The summed E-state index contributed by atoms with van der Waals surface area (Å²) in [6.45, 7) is 4.24. The molecule has 0 aliphatic heterocycles. The maximum absolute atomic E-state index is 11.8. The quantitative estimate of drug-likeness (QED) is 0.911. The fourth-order valence-electron chi connectivity index (χ4n) is 1.82. The second-order valence-corrected chi connectivity index (χ2v) is 5.61. The minimum atomic E-state index is -0.236. The van der Waals surface area contributed by atoms with E-state index in [2.05, 4.69) is 21.7 Å². The molecular weight excluding hydrogens is 284 g/mol. The number of aryl methyl sites for hydroxylation is 1. The molecule has 6 heteroatoms. The Bertz CT molecular complexity index is 657. The van der Waals surface area contributed by atoms with Crippen LogP contribution in [0.5, 0.6) is 0 Å². The van der Waals surface area contributed by atoms with Gasteiger partial charge < -0.3 is 10.6 Å². The van der Waals surface area contributed by atoms with E-state index < -0.39 is 0 Å². The number of benzene rings is 1. The van der Waals surface area contributed by atoms with E-state index in [0.29, 0.717) is 12.1 Å². The number of carbonyl (C=O) groups excluding carboxylic acids is 1. The zero-order valence-electron chi connectivity index (χ0n) is 11.9. The fraction of sp³-hybridized carbons (Fsp3) is 0.267. The Balaban J connectivity index is 1.85. The molecule has 0 aliphatic rings. The van der Waals surface area contributed by atoms with Crippen molar-refractivity contribution in [2.45, 2.75) is 26.4 Å². The van der Waals surface area contributed by atoms with Crippen LogP contribution in [-0.2, 0) is 6.54 Å². The topological polar surface area (TPSA) is 77.8 Å². The van der Waals surface area contributed by atoms with Gasteiger partial charge in [-0.25, -0.2) is 9.78 Å². The van der Waals surface area contributed by atoms with Gasteiger partial charge in [-0.2, -0.15) is 5.26 Å². The highest BCUT2D eigenvalue weighted by Crippen LogP contribution is 2.13. The molecule has 1 atom stereocenters. The molecule has 2 rings (SSSR count). The van der Waals surface area contributed by atoms with Gasteiger partial charge in [-0.3, -0.25) is 0 Å². The molecule has 5 nitrogen and oxygen atoms in total. The first kappa shape index (κ1) is 15.0. The van der Waals surface area contributed by atoms with Crippen molar-refractivity contribution >= 4 is 17.4 Å². The van der Waals surface area contributed by atoms with Gasteiger partial charge in [0.05, 0.1) is 24.2 Å². The fourth-order valence-corrected chi connectivity index (χ4v) is 2.53. The predicted molar refractivity (Wildman–Crippen MR) is 81.8 cm³/mol. The molecule has 0 aliphatic carbocycles. The van der Waals surface area contributed by atoms with Crippen LogP contribution >= 0.6 is 11.3 Å². The maximum atomic E-state index is 11.8. The van der Waals surface area contributed by atoms with Crippen molar-refractivity contribution in [2.75, 3.05) is 0 Å². The van der Waals surface area contributed by atoms with Crippen LogP contribution in [0, 0.1) is 18.3 Å². The highest BCUT2D eigenvalue weighted by molar-refractivity contribution is 7.09. The Morgan fingerprint density at radius 3 is 2.71 bits per heavy atom. The van der Waals surface area contributed by atoms with E-state index >= 15 is 0 Å². The number of thiazole rings is 1. The number of nitrogens with one attached hydrogen (secondary N) is 2. The lowest BCUT2D eigenvalue weighted by atomic mass is 10.1. The van der Waals surface area contributed by atoms with Gasteiger partial charge in [-0.05, 0) is 31.5 Å². The number of hydrogen-bond acceptors (Lipinski definition) is 4. The predicted octanol–water partition coefficient (Wildman–Crippen LogP) is 2.88. The number of amides is 2. The number of carbonyl (C=O) groups is 1. The number of aromatic nitrogens is 1. The van der Waals surface area contributed by atoms with Gasteiger partial charge in [0.15, 0.2) is 0 Å². The third-order valence-electron chi connectivity index (χ3n) is 2.95. The number of nitrogens with zero attached hydrogens (tertiary/aromatic N) is 2. The number of urea groups is 1. The first-order chi connectivity index (χ1) is 10.1. The molecule has 0 spiro atoms. The van der Waals surface area contributed by atoms with Crippen LogP contribution in [0.3, 0.4) is 0 Å². The lowest BCUT2D eigenvalue weighted by molar-refractivity contribution is 0.237. The Kier molecular flexibility index (Phi) is 4.90. The molecule has 2 N–H and O–H groups in total. The summed E-state index contributed by atoms with van der Waals surface area (Å²) in [4.78, 5) is 16.1. The Hall–Kier alpha value is -2.39. The Morgan fingerprint density at radius 1 is 1.43 bits per heavy atom. The maximum Gasteiger partial charge on any atom is 0.315 e. The summed E-state index contributed by atoms with van der Waals surface area (Å²) in [5, 5.41) is 17.2. The molecule has 1 aromatic carbocycles. The largest absolute Gasteiger partial charge is 0.332 e. The molecule has 0 saturated heterocycles. The molecule has 0 fully saturated rings. The Morgan fingerprint density at radius 2 is 2.14 bits per heavy atom. The Labute approximate surface area is 127 Å². The van der Waals surface area contributed by atoms with Gasteiger partial charge in [0.1, 0.15) is 5.01 Å². The van der Waals surface area contributed by atoms with Crippen molar-refractivity contribution in [1.82, 2.24) is 15.6 Å². The summed E-state index contributed by atoms with van der Waals surface area (Å²) >= 11 is 1.53. The average molecular weight is 300 g/mol. The first-order valence-corrected chi connectivity index (χ1v) is 7.42. The molecule has 1 unspecified atom stereocenters. The van der Waals surface area contributed by atoms with Crippen LogP contribution in [0.1, 0.15) is 34.8 Å². The van der Waals surface area contributed by atoms with Gasteiger partial charge in [-0.1, -0.05) is 12.1 Å². The van der Waals surface area contributed by atoms with Gasteiger partial charge in [-0.15, -0.1) is 11.3 Å². The number of nitriles is 1. The SMILES string of the molecule is Cc1csc(CNC(=O)NC(C)c2ccc(C#N)cc2)n1. The standard InChI is InChI=1S/C15H16N4OS/c1-10-9-21-14(18-10)8-17-15(20)19-11(2)13-5-3-12(7-16)4-6-13/h3-6,9,11H,8H2,1-2H3,(H2,17,19,20). The van der Waals surface area contributed by atoms with Gasteiger partial charge >= 0.3 is 6.03 Å². The molecule has 21 heavy (non-hydrogen) atoms. The highest BCUT2D eigenvalue weighted by Gasteiger charge is 2.09. The molecule has 2 amide bonds. The molecule has 0 saturated carbocycles. The minimum absolute atomic E-state index is 0.129. The third-order valence-corrected chi connectivity index (χ3v) is 3.92. The van der Waals surface area contributed by atoms with Gasteiger partial charge in [0, 0.05) is 11.1 Å². The number of hydrogen-bond donors (Lipinski definition) is 2. The normalized spacial score (nSPS) is 11.5. The molecule has 2 aromatic rings. The lowest BCUT2D eigenvalue weighted by Crippen LogP contribution is -2.36. The second kappa shape index (κ2) is 6.86. The van der Waals surface area contributed by atoms with Crippen molar-refractivity contribution in [3.8, 4) is 6.07 Å². The van der Waals surface area contributed by atoms with Crippen LogP contribution < -0.4 is 10.6 Å². The van der Waals surface area contributed by atoms with E-state index in [1.807, 2.05) is 31.4 Å². The zero-order chi connectivity index (χ0) is 15.2. The van der Waals surface area contributed by atoms with Crippen LogP contribution in [-0.4, -0.2) is 11.0 Å². The summed E-state index contributed by atoms with van der Waals surface area (Å²) in [6.07, 6.45) is 0. The van der Waals surface area contributed by atoms with Crippen molar-refractivity contribution in [3.05, 3.63) is 51.5 Å². The number of rotatable bonds is 4. The molecule has 1 aromatic heterocycles. The molecule has 108 valence electrons. The van der Waals surface area contributed by atoms with Crippen molar-refractivity contribution in [3.63, 3.8) is 0 Å². The van der Waals surface area contributed by atoms with Crippen LogP contribution in [0.15, 0.2) is 29.6 Å². The highest BCUT2D eigenvalue weighted by atomic mass is 32.1. The van der Waals surface area contributed by atoms with Crippen LogP contribution in [0.2, 0.25) is 0 Å². The summed E-state index contributed by atoms with van der Waals surface area (Å²) in [6, 6.07) is 8.87. The van der Waals surface area contributed by atoms with E-state index in [1.54, 1.807) is 12.1 Å². The van der Waals surface area contributed by atoms with Crippen molar-refractivity contribution in [2.24, 2.45) is 0 Å². The summed E-state index contributed by atoms with van der Waals surface area (Å²) in [5.41, 5.74) is 2.52. The second-order valence-electron chi connectivity index (χ2n) is 4.67. The van der Waals surface area contributed by atoms with E-state index in [1.165, 1.54) is 11.3 Å². The van der Waals surface area contributed by atoms with E-state index in [0.717, 1.165) is 16.3 Å². The molecule has 0 radical (unpaired) electrons. The van der Waals surface area contributed by atoms with E-state index in [9.17, 15) is 4.79 Å². The lowest BCUT2D eigenvalue weighted by Gasteiger charge is -2.14. The van der Waals surface area contributed by atoms with Gasteiger partial charge in [0.25, 0.3) is 0 Å². The van der Waals surface area contributed by atoms with Crippen LogP contribution in [0.4, 0.5) is 4.79 Å². The first-order valence-electron chi connectivity index (χ1n) is 6.54. The summed E-state index contributed by atoms with van der Waals surface area (Å²) < 4.78 is 0. The monoisotopic (exact) mass is 300 g/mol. The molecule has 0 bridgehead atoms. The summed E-state index contributed by atoms with van der Waals surface area (Å²) in [5.74, 6) is 0. The summed E-state index contributed by atoms with van der Waals surface area (Å²) in [7, 11) is 0. The van der Waals surface area contributed by atoms with E-state index in [4.69, 9.17) is 5.26 Å². The minimum Gasteiger partial charge on any atom is -0.332 e. The average Bonchev–Trinajstić information content (AvgIpc) is 2.91. The molecular formula is C15H16N4OS. The van der Waals surface area contributed by atoms with Gasteiger partial charge in [0.2, 0.25) is 0 Å². The molecule has 1 heterocycles. The smallest absolute Gasteiger partial charge is 0.315 e. The van der Waals surface area contributed by atoms with Crippen molar-refractivity contribution in [1.29, 1.82) is 5.26 Å². The van der Waals surface area contributed by atoms with Crippen LogP contribution in [0.25, 0.3) is 0 Å². The third kappa shape index (κ3) is 4.29. The zero-order valence-corrected chi connectivity index (χ0v) is 12.7. The van der Waals surface area contributed by atoms with E-state index in [-0.39, 0.29) is 12.1 Å².